The SMILES string of the molecule is C=C(C)C(=O)OC(CC)[Si](C)(C)O[Si](C)(C)O[SiH](C)C. The number of ether oxygens (including phenoxy) is 1. The Morgan fingerprint density at radius 1 is 1.25 bits per heavy atom. The Hall–Kier alpha value is -0.219. The van der Waals surface area contributed by atoms with Crippen LogP contribution in [0.5, 0.6) is 0 Å². The molecule has 0 aromatic carbocycles. The molecule has 0 spiro atoms. The molecule has 0 N–H and O–H groups in total. The first-order chi connectivity index (χ1) is 8.91. The molecule has 0 aromatic rings. The highest BCUT2D eigenvalue weighted by Crippen LogP contribution is 2.23. The Kier molecular flexibility index (Phi) is 7.61. The van der Waals surface area contributed by atoms with E-state index >= 15 is 0 Å². The molecule has 7 heteroatoms. The van der Waals surface area contributed by atoms with Gasteiger partial charge in [-0.3, -0.25) is 0 Å². The second kappa shape index (κ2) is 7.69. The molecule has 0 saturated carbocycles. The van der Waals surface area contributed by atoms with E-state index in [1.54, 1.807) is 6.92 Å². The van der Waals surface area contributed by atoms with Crippen LogP contribution in [0.25, 0.3) is 0 Å². The molecule has 0 aromatic heterocycles. The Bertz CT molecular complexity index is 354. The zero-order valence-corrected chi connectivity index (χ0v) is 17.4. The molecule has 0 aliphatic rings. The average Bonchev–Trinajstić information content (AvgIpc) is 2.20. The van der Waals surface area contributed by atoms with Gasteiger partial charge in [-0.05, 0) is 52.6 Å². The molecule has 0 aliphatic carbocycles. The van der Waals surface area contributed by atoms with Crippen LogP contribution in [0.1, 0.15) is 20.3 Å². The molecule has 0 aliphatic heterocycles. The summed E-state index contributed by atoms with van der Waals surface area (Å²) < 4.78 is 18.0. The standard InChI is InChI=1S/C13H30O4Si3/c1-10-12(15-13(14)11(2)3)19(6,7)17-20(8,9)16-18(4)5/h12,18H,2,10H2,1,3-9H3. The Labute approximate surface area is 127 Å². The van der Waals surface area contributed by atoms with Gasteiger partial charge in [0.2, 0.25) is 8.32 Å². The van der Waals surface area contributed by atoms with Crippen LogP contribution in [-0.2, 0) is 17.8 Å². The quantitative estimate of drug-likeness (QED) is 0.388. The molecule has 0 rings (SSSR count). The van der Waals surface area contributed by atoms with Crippen LogP contribution in [0.2, 0.25) is 39.3 Å². The van der Waals surface area contributed by atoms with E-state index < -0.39 is 25.9 Å². The van der Waals surface area contributed by atoms with Gasteiger partial charge in [0.15, 0.2) is 9.04 Å². The van der Waals surface area contributed by atoms with Gasteiger partial charge in [-0.2, -0.15) is 0 Å². The van der Waals surface area contributed by atoms with Gasteiger partial charge < -0.3 is 13.0 Å². The summed E-state index contributed by atoms with van der Waals surface area (Å²) in [6, 6.07) is 0. The number of rotatable bonds is 8. The molecule has 0 heterocycles. The lowest BCUT2D eigenvalue weighted by molar-refractivity contribution is -0.141. The van der Waals surface area contributed by atoms with Crippen molar-refractivity contribution in [3.63, 3.8) is 0 Å². The fourth-order valence-corrected chi connectivity index (χ4v) is 14.4. The van der Waals surface area contributed by atoms with Gasteiger partial charge in [-0.25, -0.2) is 4.79 Å². The van der Waals surface area contributed by atoms with E-state index in [9.17, 15) is 4.79 Å². The van der Waals surface area contributed by atoms with Crippen LogP contribution in [0.3, 0.4) is 0 Å². The zero-order valence-electron chi connectivity index (χ0n) is 14.2. The van der Waals surface area contributed by atoms with Crippen LogP contribution >= 0.6 is 0 Å². The van der Waals surface area contributed by atoms with Crippen LogP contribution in [-0.4, -0.2) is 37.6 Å². The lowest BCUT2D eigenvalue weighted by Gasteiger charge is -2.38. The molecule has 20 heavy (non-hydrogen) atoms. The summed E-state index contributed by atoms with van der Waals surface area (Å²) in [5.41, 5.74) is 0.256. The van der Waals surface area contributed by atoms with Gasteiger partial charge >= 0.3 is 14.5 Å². The predicted octanol–water partition coefficient (Wildman–Crippen LogP) is 3.35. The van der Waals surface area contributed by atoms with E-state index in [2.05, 4.69) is 45.9 Å². The molecule has 1 unspecified atom stereocenters. The minimum Gasteiger partial charge on any atom is -0.460 e. The van der Waals surface area contributed by atoms with Crippen molar-refractivity contribution in [2.24, 2.45) is 0 Å². The number of hydrogen-bond acceptors (Lipinski definition) is 4. The molecule has 4 nitrogen and oxygen atoms in total. The number of hydrogen-bond donors (Lipinski definition) is 0. The second-order valence-corrected chi connectivity index (χ2v) is 16.9. The van der Waals surface area contributed by atoms with Crippen molar-refractivity contribution in [2.45, 2.75) is 65.3 Å². The summed E-state index contributed by atoms with van der Waals surface area (Å²) in [6.45, 7) is 19.9. The minimum atomic E-state index is -2.17. The molecule has 0 saturated heterocycles. The van der Waals surface area contributed by atoms with Gasteiger partial charge in [0.1, 0.15) is 5.73 Å². The first-order valence-corrected chi connectivity index (χ1v) is 15.7. The van der Waals surface area contributed by atoms with Crippen molar-refractivity contribution in [1.82, 2.24) is 0 Å². The van der Waals surface area contributed by atoms with Crippen molar-refractivity contribution >= 4 is 31.9 Å². The van der Waals surface area contributed by atoms with E-state index in [-0.39, 0.29) is 11.7 Å². The Morgan fingerprint density at radius 3 is 2.10 bits per heavy atom. The van der Waals surface area contributed by atoms with E-state index in [1.807, 2.05) is 6.92 Å². The van der Waals surface area contributed by atoms with Crippen LogP contribution in [0.15, 0.2) is 12.2 Å². The van der Waals surface area contributed by atoms with E-state index in [0.29, 0.717) is 5.57 Å². The highest BCUT2D eigenvalue weighted by molar-refractivity contribution is 6.85. The minimum absolute atomic E-state index is 0.170. The largest absolute Gasteiger partial charge is 0.460 e. The van der Waals surface area contributed by atoms with Crippen LogP contribution < -0.4 is 0 Å². The van der Waals surface area contributed by atoms with E-state index in [0.717, 1.165) is 6.42 Å². The van der Waals surface area contributed by atoms with E-state index in [4.69, 9.17) is 13.0 Å². The van der Waals surface area contributed by atoms with Gasteiger partial charge in [-0.15, -0.1) is 0 Å². The number of carbonyl (C=O) groups is 1. The third-order valence-electron chi connectivity index (χ3n) is 2.77. The third kappa shape index (κ3) is 6.98. The number of carbonyl (C=O) groups excluding carboxylic acids is 1. The van der Waals surface area contributed by atoms with Crippen molar-refractivity contribution in [1.29, 1.82) is 0 Å². The van der Waals surface area contributed by atoms with Gasteiger partial charge in [0.25, 0.3) is 0 Å². The highest BCUT2D eigenvalue weighted by atomic mass is 28.5. The maximum atomic E-state index is 11.7. The molecule has 0 amide bonds. The fraction of sp³-hybridized carbons (Fsp3) is 0.769. The number of esters is 1. The monoisotopic (exact) mass is 334 g/mol. The van der Waals surface area contributed by atoms with Crippen LogP contribution in [0.4, 0.5) is 0 Å². The maximum Gasteiger partial charge on any atom is 0.333 e. The van der Waals surface area contributed by atoms with Gasteiger partial charge in [0.05, 0.1) is 0 Å². The maximum absolute atomic E-state index is 11.7. The molecular formula is C13H30O4Si3. The smallest absolute Gasteiger partial charge is 0.333 e. The summed E-state index contributed by atoms with van der Waals surface area (Å²) >= 11 is 0. The van der Waals surface area contributed by atoms with Crippen molar-refractivity contribution in [3.05, 3.63) is 12.2 Å². The molecule has 0 bridgehead atoms. The lowest BCUT2D eigenvalue weighted by atomic mass is 10.4. The van der Waals surface area contributed by atoms with Crippen LogP contribution in [0, 0.1) is 0 Å². The summed E-state index contributed by atoms with van der Waals surface area (Å²) in [5.74, 6) is -0.334. The van der Waals surface area contributed by atoms with Crippen molar-refractivity contribution in [2.75, 3.05) is 0 Å². The predicted molar refractivity (Wildman–Crippen MR) is 91.0 cm³/mol. The molecule has 118 valence electrons. The van der Waals surface area contributed by atoms with Gasteiger partial charge in [0, 0.05) is 5.57 Å². The van der Waals surface area contributed by atoms with Crippen molar-refractivity contribution in [3.8, 4) is 0 Å². The Balaban J connectivity index is 4.89. The molecule has 0 fully saturated rings. The Morgan fingerprint density at radius 2 is 1.75 bits per heavy atom. The molecular weight excluding hydrogens is 304 g/mol. The zero-order chi connectivity index (χ0) is 16.1. The summed E-state index contributed by atoms with van der Waals surface area (Å²) in [7, 11) is -5.45. The third-order valence-corrected chi connectivity index (χ3v) is 13.1. The lowest BCUT2D eigenvalue weighted by Crippen LogP contribution is -2.55. The average molecular weight is 335 g/mol. The second-order valence-electron chi connectivity index (χ2n) is 6.35. The fourth-order valence-electron chi connectivity index (χ4n) is 2.24. The highest BCUT2D eigenvalue weighted by Gasteiger charge is 2.42. The van der Waals surface area contributed by atoms with E-state index in [1.165, 1.54) is 0 Å². The summed E-state index contributed by atoms with van der Waals surface area (Å²) in [4.78, 5) is 11.7. The first kappa shape index (κ1) is 19.8. The molecule has 1 atom stereocenters. The van der Waals surface area contributed by atoms with Gasteiger partial charge in [-0.1, -0.05) is 13.5 Å². The summed E-state index contributed by atoms with van der Waals surface area (Å²) in [6.07, 6.45) is 0.752. The normalized spacial score (nSPS) is 14.2. The van der Waals surface area contributed by atoms with Crippen molar-refractivity contribution < 1.29 is 17.8 Å². The topological polar surface area (TPSA) is 44.8 Å². The first-order valence-electron chi connectivity index (χ1n) is 7.15. The molecule has 0 radical (unpaired) electrons. The summed E-state index contributed by atoms with van der Waals surface area (Å²) in [5, 5.41) is 0.